The van der Waals surface area contributed by atoms with Crippen LogP contribution in [0.3, 0.4) is 0 Å². The second-order valence-electron chi connectivity index (χ2n) is 4.80. The van der Waals surface area contributed by atoms with Crippen molar-refractivity contribution in [1.29, 1.82) is 0 Å². The second-order valence-corrected chi connectivity index (χ2v) is 5.63. The first-order valence-corrected chi connectivity index (χ1v) is 7.56. The van der Waals surface area contributed by atoms with Crippen LogP contribution >= 0.6 is 11.3 Å². The molecule has 0 aliphatic heterocycles. The van der Waals surface area contributed by atoms with E-state index < -0.39 is 0 Å². The van der Waals surface area contributed by atoms with Crippen LogP contribution in [0.1, 0.15) is 32.6 Å². The van der Waals surface area contributed by atoms with Crippen LogP contribution in [0.15, 0.2) is 5.51 Å². The topological polar surface area (TPSA) is 76.1 Å². The van der Waals surface area contributed by atoms with Crippen LogP contribution in [0.4, 0.5) is 9.93 Å². The number of ether oxygens (including phenoxy) is 1. The highest BCUT2D eigenvalue weighted by atomic mass is 32.1. The summed E-state index contributed by atoms with van der Waals surface area (Å²) in [6.07, 6.45) is 5.29. The van der Waals surface area contributed by atoms with E-state index in [9.17, 15) is 4.79 Å². The molecule has 0 aromatic carbocycles. The zero-order valence-corrected chi connectivity index (χ0v) is 11.9. The van der Waals surface area contributed by atoms with Crippen LogP contribution in [0.25, 0.3) is 0 Å². The van der Waals surface area contributed by atoms with Crippen molar-refractivity contribution < 1.29 is 9.53 Å². The lowest BCUT2D eigenvalue weighted by Gasteiger charge is -2.28. The van der Waals surface area contributed by atoms with Crippen molar-refractivity contribution in [1.82, 2.24) is 15.5 Å². The molecule has 0 unspecified atom stereocenters. The van der Waals surface area contributed by atoms with Crippen LogP contribution in [-0.2, 0) is 4.74 Å². The van der Waals surface area contributed by atoms with E-state index >= 15 is 0 Å². The second kappa shape index (κ2) is 7.40. The highest BCUT2D eigenvalue weighted by Crippen LogP contribution is 2.25. The SMILES string of the molecule is C[C@@H]1CCCC[C@H]1OCCNC(=O)Nc1nncs1. The summed E-state index contributed by atoms with van der Waals surface area (Å²) in [4.78, 5) is 11.5. The third-order valence-corrected chi connectivity index (χ3v) is 3.94. The van der Waals surface area contributed by atoms with E-state index in [1.807, 2.05) is 0 Å². The summed E-state index contributed by atoms with van der Waals surface area (Å²) in [5, 5.41) is 13.2. The Kier molecular flexibility index (Phi) is 5.53. The Morgan fingerprint density at radius 3 is 3.11 bits per heavy atom. The third-order valence-electron chi connectivity index (χ3n) is 3.33. The van der Waals surface area contributed by atoms with Gasteiger partial charge in [-0.15, -0.1) is 10.2 Å². The Labute approximate surface area is 116 Å². The van der Waals surface area contributed by atoms with Gasteiger partial charge in [-0.05, 0) is 18.8 Å². The van der Waals surface area contributed by atoms with E-state index in [1.54, 1.807) is 5.51 Å². The van der Waals surface area contributed by atoms with E-state index in [-0.39, 0.29) is 6.03 Å². The maximum atomic E-state index is 11.5. The minimum absolute atomic E-state index is 0.267. The zero-order chi connectivity index (χ0) is 13.5. The fourth-order valence-corrected chi connectivity index (χ4v) is 2.71. The van der Waals surface area contributed by atoms with Crippen molar-refractivity contribution in [2.24, 2.45) is 5.92 Å². The molecular formula is C12H20N4O2S. The molecule has 7 heteroatoms. The van der Waals surface area contributed by atoms with Crippen molar-refractivity contribution >= 4 is 22.5 Å². The van der Waals surface area contributed by atoms with Gasteiger partial charge in [0, 0.05) is 6.54 Å². The van der Waals surface area contributed by atoms with Gasteiger partial charge in [-0.1, -0.05) is 31.1 Å². The standard InChI is InChI=1S/C12H20N4O2S/c1-9-4-2-3-5-10(9)18-7-6-13-11(17)15-12-16-14-8-19-12/h8-10H,2-7H2,1H3,(H2,13,15,16,17)/t9-,10-/m1/s1. The van der Waals surface area contributed by atoms with Crippen LogP contribution < -0.4 is 10.6 Å². The quantitative estimate of drug-likeness (QED) is 0.813. The number of hydrogen-bond acceptors (Lipinski definition) is 5. The Morgan fingerprint density at radius 2 is 2.37 bits per heavy atom. The summed E-state index contributed by atoms with van der Waals surface area (Å²) in [6.45, 7) is 3.30. The van der Waals surface area contributed by atoms with Gasteiger partial charge in [0.05, 0.1) is 12.7 Å². The molecule has 6 nitrogen and oxygen atoms in total. The minimum atomic E-state index is -0.267. The average molecular weight is 284 g/mol. The highest BCUT2D eigenvalue weighted by molar-refractivity contribution is 7.13. The number of carbonyl (C=O) groups is 1. The maximum Gasteiger partial charge on any atom is 0.321 e. The van der Waals surface area contributed by atoms with Crippen LogP contribution in [0.5, 0.6) is 0 Å². The largest absolute Gasteiger partial charge is 0.376 e. The van der Waals surface area contributed by atoms with E-state index in [4.69, 9.17) is 4.74 Å². The lowest BCUT2D eigenvalue weighted by atomic mass is 9.88. The molecule has 2 amide bonds. The maximum absolute atomic E-state index is 11.5. The fraction of sp³-hybridized carbons (Fsp3) is 0.750. The van der Waals surface area contributed by atoms with Crippen LogP contribution in [0, 0.1) is 5.92 Å². The predicted molar refractivity (Wildman–Crippen MR) is 74.3 cm³/mol. The molecule has 106 valence electrons. The number of hydrogen-bond donors (Lipinski definition) is 2. The molecule has 0 spiro atoms. The molecule has 1 saturated carbocycles. The summed E-state index contributed by atoms with van der Waals surface area (Å²) < 4.78 is 5.81. The first-order chi connectivity index (χ1) is 9.25. The predicted octanol–water partition coefficient (Wildman–Crippen LogP) is 2.25. The number of urea groups is 1. The molecule has 1 heterocycles. The molecule has 1 aromatic rings. The fourth-order valence-electron chi connectivity index (χ4n) is 2.27. The summed E-state index contributed by atoms with van der Waals surface area (Å²) >= 11 is 1.29. The number of amides is 2. The zero-order valence-electron chi connectivity index (χ0n) is 11.1. The van der Waals surface area contributed by atoms with Crippen LogP contribution in [0.2, 0.25) is 0 Å². The Balaban J connectivity index is 1.57. The summed E-state index contributed by atoms with van der Waals surface area (Å²) in [5.41, 5.74) is 1.57. The Hall–Kier alpha value is -1.21. The lowest BCUT2D eigenvalue weighted by Crippen LogP contribution is -2.34. The lowest BCUT2D eigenvalue weighted by molar-refractivity contribution is -0.00232. The first-order valence-electron chi connectivity index (χ1n) is 6.68. The number of anilines is 1. The van der Waals surface area contributed by atoms with Gasteiger partial charge in [-0.3, -0.25) is 5.32 Å². The van der Waals surface area contributed by atoms with Gasteiger partial charge in [0.25, 0.3) is 0 Å². The van der Waals surface area contributed by atoms with Crippen molar-refractivity contribution in [3.8, 4) is 0 Å². The van der Waals surface area contributed by atoms with Gasteiger partial charge in [0.15, 0.2) is 0 Å². The van der Waals surface area contributed by atoms with Gasteiger partial charge < -0.3 is 10.1 Å². The Morgan fingerprint density at radius 1 is 1.53 bits per heavy atom. The van der Waals surface area contributed by atoms with Gasteiger partial charge in [-0.2, -0.15) is 0 Å². The molecule has 0 bridgehead atoms. The van der Waals surface area contributed by atoms with Crippen molar-refractivity contribution in [3.63, 3.8) is 0 Å². The number of carbonyl (C=O) groups excluding carboxylic acids is 1. The van der Waals surface area contributed by atoms with Gasteiger partial charge in [-0.25, -0.2) is 4.79 Å². The summed E-state index contributed by atoms with van der Waals surface area (Å²) in [7, 11) is 0. The molecule has 1 aliphatic rings. The van der Waals surface area contributed by atoms with Gasteiger partial charge in [0.2, 0.25) is 5.13 Å². The molecule has 1 fully saturated rings. The van der Waals surface area contributed by atoms with E-state index in [1.165, 1.54) is 30.6 Å². The molecule has 0 saturated heterocycles. The summed E-state index contributed by atoms with van der Waals surface area (Å²) in [5.74, 6) is 0.629. The number of nitrogens with zero attached hydrogens (tertiary/aromatic N) is 2. The average Bonchev–Trinajstić information content (AvgIpc) is 2.89. The number of rotatable bonds is 5. The minimum Gasteiger partial charge on any atom is -0.376 e. The van der Waals surface area contributed by atoms with Crippen molar-refractivity contribution in [2.75, 3.05) is 18.5 Å². The molecule has 2 atom stereocenters. The molecule has 1 aliphatic carbocycles. The first kappa shape index (κ1) is 14.2. The molecule has 2 N–H and O–H groups in total. The molecule has 19 heavy (non-hydrogen) atoms. The molecule has 1 aromatic heterocycles. The van der Waals surface area contributed by atoms with Crippen molar-refractivity contribution in [2.45, 2.75) is 38.7 Å². The number of aromatic nitrogens is 2. The third kappa shape index (κ3) is 4.76. The smallest absolute Gasteiger partial charge is 0.321 e. The van der Waals surface area contributed by atoms with E-state index in [2.05, 4.69) is 27.8 Å². The van der Waals surface area contributed by atoms with Gasteiger partial charge >= 0.3 is 6.03 Å². The van der Waals surface area contributed by atoms with Crippen molar-refractivity contribution in [3.05, 3.63) is 5.51 Å². The van der Waals surface area contributed by atoms with Gasteiger partial charge in [0.1, 0.15) is 5.51 Å². The monoisotopic (exact) mass is 284 g/mol. The highest BCUT2D eigenvalue weighted by Gasteiger charge is 2.21. The molecular weight excluding hydrogens is 264 g/mol. The number of nitrogens with one attached hydrogen (secondary N) is 2. The molecule has 2 rings (SSSR count). The molecule has 0 radical (unpaired) electrons. The van der Waals surface area contributed by atoms with Crippen LogP contribution in [-0.4, -0.2) is 35.5 Å². The summed E-state index contributed by atoms with van der Waals surface area (Å²) in [6, 6.07) is -0.267. The Bertz CT molecular complexity index is 385. The van der Waals surface area contributed by atoms with E-state index in [0.29, 0.717) is 30.3 Å². The normalized spacial score (nSPS) is 23.0. The van der Waals surface area contributed by atoms with E-state index in [0.717, 1.165) is 6.42 Å².